The van der Waals surface area contributed by atoms with Crippen molar-refractivity contribution >= 4 is 23.1 Å². The molecule has 0 atom stereocenters. The molecule has 0 spiro atoms. The highest BCUT2D eigenvalue weighted by atomic mass is 35.5. The lowest BCUT2D eigenvalue weighted by molar-refractivity contribution is -0.385. The van der Waals surface area contributed by atoms with E-state index < -0.39 is 4.92 Å². The van der Waals surface area contributed by atoms with E-state index in [4.69, 9.17) is 11.6 Å². The van der Waals surface area contributed by atoms with Crippen LogP contribution in [0.3, 0.4) is 0 Å². The van der Waals surface area contributed by atoms with Crippen molar-refractivity contribution in [3.63, 3.8) is 0 Å². The highest BCUT2D eigenvalue weighted by molar-refractivity contribution is 6.33. The van der Waals surface area contributed by atoms with E-state index in [1.807, 2.05) is 12.1 Å². The molecular weight excluding hydrogens is 256 g/mol. The average molecular weight is 265 g/mol. The van der Waals surface area contributed by atoms with Gasteiger partial charge in [-0.25, -0.2) is 4.98 Å². The van der Waals surface area contributed by atoms with Gasteiger partial charge < -0.3 is 5.32 Å². The molecule has 6 nitrogen and oxygen atoms in total. The van der Waals surface area contributed by atoms with Crippen LogP contribution in [0.25, 0.3) is 0 Å². The molecule has 0 aliphatic carbocycles. The van der Waals surface area contributed by atoms with E-state index in [2.05, 4.69) is 15.3 Å². The summed E-state index contributed by atoms with van der Waals surface area (Å²) >= 11 is 5.89. The number of nitrogens with one attached hydrogen (secondary N) is 1. The number of hydrogen-bond acceptors (Lipinski definition) is 5. The first kappa shape index (κ1) is 12.3. The SMILES string of the molecule is O=[N+]([O-])c1cnc(NCc2cccnc2)c(Cl)c1. The summed E-state index contributed by atoms with van der Waals surface area (Å²) in [5.41, 5.74) is 0.834. The van der Waals surface area contributed by atoms with Gasteiger partial charge in [-0.3, -0.25) is 15.1 Å². The van der Waals surface area contributed by atoms with E-state index in [-0.39, 0.29) is 10.7 Å². The van der Waals surface area contributed by atoms with Gasteiger partial charge in [0.25, 0.3) is 5.69 Å². The number of nitro groups is 1. The lowest BCUT2D eigenvalue weighted by atomic mass is 10.3. The fraction of sp³-hybridized carbons (Fsp3) is 0.0909. The van der Waals surface area contributed by atoms with E-state index in [9.17, 15) is 10.1 Å². The van der Waals surface area contributed by atoms with Crippen LogP contribution in [0.5, 0.6) is 0 Å². The number of pyridine rings is 2. The van der Waals surface area contributed by atoms with E-state index >= 15 is 0 Å². The maximum atomic E-state index is 10.5. The topological polar surface area (TPSA) is 81.0 Å². The molecule has 2 aromatic rings. The van der Waals surface area contributed by atoms with Gasteiger partial charge in [-0.2, -0.15) is 0 Å². The summed E-state index contributed by atoms with van der Waals surface area (Å²) in [4.78, 5) is 17.9. The minimum Gasteiger partial charge on any atom is -0.365 e. The third-order valence-electron chi connectivity index (χ3n) is 2.22. The van der Waals surface area contributed by atoms with Crippen molar-refractivity contribution < 1.29 is 4.92 Å². The summed E-state index contributed by atoms with van der Waals surface area (Å²) in [6.07, 6.45) is 4.56. The quantitative estimate of drug-likeness (QED) is 0.678. The first-order valence-corrected chi connectivity index (χ1v) is 5.47. The molecule has 0 aliphatic rings. The standard InChI is InChI=1S/C11H9ClN4O2/c12-10-4-9(16(17)18)7-15-11(10)14-6-8-2-1-3-13-5-8/h1-5,7H,6H2,(H,14,15). The Morgan fingerprint density at radius 1 is 1.44 bits per heavy atom. The van der Waals surface area contributed by atoms with Crippen LogP contribution in [0.4, 0.5) is 11.5 Å². The van der Waals surface area contributed by atoms with E-state index in [0.717, 1.165) is 11.8 Å². The van der Waals surface area contributed by atoms with Gasteiger partial charge in [0.1, 0.15) is 12.0 Å². The largest absolute Gasteiger partial charge is 0.365 e. The lowest BCUT2D eigenvalue weighted by Gasteiger charge is -2.06. The Balaban J connectivity index is 2.08. The van der Waals surface area contributed by atoms with Crippen molar-refractivity contribution in [2.75, 3.05) is 5.32 Å². The number of halogens is 1. The highest BCUT2D eigenvalue weighted by Crippen LogP contribution is 2.24. The van der Waals surface area contributed by atoms with Crippen LogP contribution in [-0.2, 0) is 6.54 Å². The van der Waals surface area contributed by atoms with Crippen LogP contribution in [0, 0.1) is 10.1 Å². The molecule has 1 N–H and O–H groups in total. The third kappa shape index (κ3) is 2.92. The number of hydrogen-bond donors (Lipinski definition) is 1. The molecule has 0 aromatic carbocycles. The lowest BCUT2D eigenvalue weighted by Crippen LogP contribution is -2.02. The normalized spacial score (nSPS) is 10.1. The summed E-state index contributed by atoms with van der Waals surface area (Å²) in [6.45, 7) is 0.498. The molecule has 2 heterocycles. The fourth-order valence-electron chi connectivity index (χ4n) is 1.35. The number of aromatic nitrogens is 2. The van der Waals surface area contributed by atoms with Crippen LogP contribution >= 0.6 is 11.6 Å². The van der Waals surface area contributed by atoms with Gasteiger partial charge in [0.15, 0.2) is 0 Å². The third-order valence-corrected chi connectivity index (χ3v) is 2.51. The van der Waals surface area contributed by atoms with Crippen LogP contribution in [0.1, 0.15) is 5.56 Å². The van der Waals surface area contributed by atoms with Gasteiger partial charge in [0, 0.05) is 25.0 Å². The second kappa shape index (κ2) is 5.42. The van der Waals surface area contributed by atoms with E-state index in [0.29, 0.717) is 12.4 Å². The average Bonchev–Trinajstić information content (AvgIpc) is 2.38. The van der Waals surface area contributed by atoms with Crippen LogP contribution < -0.4 is 5.32 Å². The molecule has 7 heteroatoms. The van der Waals surface area contributed by atoms with Crippen LogP contribution in [0.2, 0.25) is 5.02 Å². The van der Waals surface area contributed by atoms with Crippen LogP contribution in [-0.4, -0.2) is 14.9 Å². The van der Waals surface area contributed by atoms with Gasteiger partial charge in [-0.05, 0) is 11.6 Å². The molecule has 0 radical (unpaired) electrons. The predicted molar refractivity (Wildman–Crippen MR) is 67.5 cm³/mol. The van der Waals surface area contributed by atoms with E-state index in [1.165, 1.54) is 6.07 Å². The Kier molecular flexibility index (Phi) is 3.69. The zero-order valence-corrected chi connectivity index (χ0v) is 9.96. The minimum atomic E-state index is -0.538. The van der Waals surface area contributed by atoms with Crippen molar-refractivity contribution in [3.05, 3.63) is 57.5 Å². The molecule has 0 aliphatic heterocycles. The summed E-state index contributed by atoms with van der Waals surface area (Å²) < 4.78 is 0. The van der Waals surface area contributed by atoms with Gasteiger partial charge in [-0.1, -0.05) is 17.7 Å². The van der Waals surface area contributed by atoms with Crippen molar-refractivity contribution in [1.82, 2.24) is 9.97 Å². The molecule has 18 heavy (non-hydrogen) atoms. The molecule has 0 amide bonds. The Morgan fingerprint density at radius 3 is 2.89 bits per heavy atom. The Morgan fingerprint density at radius 2 is 2.28 bits per heavy atom. The van der Waals surface area contributed by atoms with Gasteiger partial charge in [-0.15, -0.1) is 0 Å². The maximum Gasteiger partial charge on any atom is 0.289 e. The maximum absolute atomic E-state index is 10.5. The molecular formula is C11H9ClN4O2. The van der Waals surface area contributed by atoms with Gasteiger partial charge in [0.2, 0.25) is 0 Å². The number of nitrogens with zero attached hydrogens (tertiary/aromatic N) is 3. The summed E-state index contributed by atoms with van der Waals surface area (Å²) in [5, 5.41) is 13.7. The summed E-state index contributed by atoms with van der Waals surface area (Å²) in [7, 11) is 0. The predicted octanol–water partition coefficient (Wildman–Crippen LogP) is 2.65. The zero-order chi connectivity index (χ0) is 13.0. The molecule has 0 unspecified atom stereocenters. The fourth-order valence-corrected chi connectivity index (χ4v) is 1.57. The summed E-state index contributed by atoms with van der Waals surface area (Å²) in [5.74, 6) is 0.408. The zero-order valence-electron chi connectivity index (χ0n) is 9.21. The highest BCUT2D eigenvalue weighted by Gasteiger charge is 2.10. The second-order valence-corrected chi connectivity index (χ2v) is 3.90. The Labute approximate surface area is 108 Å². The van der Waals surface area contributed by atoms with Crippen LogP contribution in [0.15, 0.2) is 36.8 Å². The number of rotatable bonds is 4. The minimum absolute atomic E-state index is 0.132. The molecule has 0 bridgehead atoms. The smallest absolute Gasteiger partial charge is 0.289 e. The van der Waals surface area contributed by atoms with Gasteiger partial charge in [0.05, 0.1) is 9.95 Å². The molecule has 92 valence electrons. The van der Waals surface area contributed by atoms with Crippen molar-refractivity contribution in [2.45, 2.75) is 6.54 Å². The summed E-state index contributed by atoms with van der Waals surface area (Å²) in [6, 6.07) is 4.99. The molecule has 0 fully saturated rings. The van der Waals surface area contributed by atoms with Crippen molar-refractivity contribution in [2.24, 2.45) is 0 Å². The second-order valence-electron chi connectivity index (χ2n) is 3.50. The first-order valence-electron chi connectivity index (χ1n) is 5.09. The molecule has 0 saturated carbocycles. The van der Waals surface area contributed by atoms with E-state index in [1.54, 1.807) is 12.4 Å². The Bertz CT molecular complexity index is 562. The number of anilines is 1. The first-order chi connectivity index (χ1) is 8.66. The van der Waals surface area contributed by atoms with Crippen molar-refractivity contribution in [1.29, 1.82) is 0 Å². The molecule has 2 rings (SSSR count). The van der Waals surface area contributed by atoms with Gasteiger partial charge >= 0.3 is 0 Å². The Hall–Kier alpha value is -2.21. The van der Waals surface area contributed by atoms with Crippen molar-refractivity contribution in [3.8, 4) is 0 Å². The monoisotopic (exact) mass is 264 g/mol. The molecule has 2 aromatic heterocycles. The molecule has 0 saturated heterocycles.